The van der Waals surface area contributed by atoms with E-state index < -0.39 is 9.84 Å². The summed E-state index contributed by atoms with van der Waals surface area (Å²) in [7, 11) is -2.99. The van der Waals surface area contributed by atoms with E-state index in [1.165, 1.54) is 11.1 Å². The van der Waals surface area contributed by atoms with Crippen LogP contribution in [0.1, 0.15) is 58.5 Å². The molecule has 1 saturated carbocycles. The Morgan fingerprint density at radius 2 is 1.89 bits per heavy atom. The summed E-state index contributed by atoms with van der Waals surface area (Å²) in [4.78, 5) is 15.0. The number of carbonyl (C=O) groups is 1. The highest BCUT2D eigenvalue weighted by Crippen LogP contribution is 2.42. The van der Waals surface area contributed by atoms with Crippen LogP contribution in [0.25, 0.3) is 0 Å². The largest absolute Gasteiger partial charge is 0.333 e. The first-order chi connectivity index (χ1) is 13.0. The van der Waals surface area contributed by atoms with Crippen LogP contribution in [0.3, 0.4) is 0 Å². The number of rotatable bonds is 3. The molecule has 1 unspecified atom stereocenters. The third kappa shape index (κ3) is 3.18. The van der Waals surface area contributed by atoms with Crippen molar-refractivity contribution in [1.29, 1.82) is 0 Å². The van der Waals surface area contributed by atoms with Crippen molar-refractivity contribution in [3.8, 4) is 0 Å². The van der Waals surface area contributed by atoms with Gasteiger partial charge in [0.05, 0.1) is 17.5 Å². The number of hydrogen-bond acceptors (Lipinski definition) is 4. The van der Waals surface area contributed by atoms with Crippen molar-refractivity contribution < 1.29 is 13.2 Å². The summed E-state index contributed by atoms with van der Waals surface area (Å²) in [6.07, 6.45) is 3.64. The van der Waals surface area contributed by atoms with Crippen molar-refractivity contribution >= 4 is 15.7 Å². The van der Waals surface area contributed by atoms with Gasteiger partial charge in [-0.25, -0.2) is 8.42 Å². The van der Waals surface area contributed by atoms with Gasteiger partial charge in [0.25, 0.3) is 5.91 Å². The number of nitrogens with zero attached hydrogens (tertiary/aromatic N) is 3. The zero-order chi connectivity index (χ0) is 18.6. The van der Waals surface area contributed by atoms with Crippen LogP contribution in [-0.2, 0) is 22.8 Å². The first-order valence-electron chi connectivity index (χ1n) is 9.66. The summed E-state index contributed by atoms with van der Waals surface area (Å²) >= 11 is 0. The quantitative estimate of drug-likeness (QED) is 0.813. The Morgan fingerprint density at radius 3 is 2.59 bits per heavy atom. The first-order valence-corrected chi connectivity index (χ1v) is 11.5. The Bertz CT molecular complexity index is 1010. The fraction of sp³-hybridized carbons (Fsp3) is 0.500. The number of carbonyl (C=O) groups excluding carboxylic acids is 1. The summed E-state index contributed by atoms with van der Waals surface area (Å²) in [5.74, 6) is 0.725. The average Bonchev–Trinajstić information content (AvgIpc) is 3.31. The van der Waals surface area contributed by atoms with Gasteiger partial charge in [-0.15, -0.1) is 0 Å². The van der Waals surface area contributed by atoms with Crippen molar-refractivity contribution in [2.45, 2.75) is 44.2 Å². The number of amides is 1. The van der Waals surface area contributed by atoms with Gasteiger partial charge in [-0.05, 0) is 42.9 Å². The van der Waals surface area contributed by atoms with E-state index in [9.17, 15) is 13.2 Å². The van der Waals surface area contributed by atoms with Crippen LogP contribution in [0, 0.1) is 0 Å². The van der Waals surface area contributed by atoms with Crippen LogP contribution in [-0.4, -0.2) is 47.1 Å². The van der Waals surface area contributed by atoms with Crippen molar-refractivity contribution in [3.63, 3.8) is 0 Å². The average molecular weight is 385 g/mol. The van der Waals surface area contributed by atoms with Gasteiger partial charge in [0.15, 0.2) is 15.5 Å². The number of aromatic nitrogens is 2. The molecule has 2 fully saturated rings. The molecular weight excluding hydrogens is 362 g/mol. The normalized spacial score (nSPS) is 24.0. The summed E-state index contributed by atoms with van der Waals surface area (Å²) in [5.41, 5.74) is 4.00. The molecule has 3 heterocycles. The van der Waals surface area contributed by atoms with E-state index in [4.69, 9.17) is 0 Å². The predicted molar refractivity (Wildman–Crippen MR) is 101 cm³/mol. The van der Waals surface area contributed by atoms with Crippen LogP contribution in [0.15, 0.2) is 30.3 Å². The topological polar surface area (TPSA) is 72.3 Å². The maximum absolute atomic E-state index is 13.1. The van der Waals surface area contributed by atoms with Crippen LogP contribution >= 0.6 is 0 Å². The van der Waals surface area contributed by atoms with Gasteiger partial charge in [0.2, 0.25) is 0 Å². The molecule has 0 N–H and O–H groups in total. The number of fused-ring (bicyclic) bond motifs is 1. The minimum Gasteiger partial charge on any atom is -0.333 e. The van der Waals surface area contributed by atoms with Gasteiger partial charge in [0, 0.05) is 24.7 Å². The van der Waals surface area contributed by atoms with E-state index in [-0.39, 0.29) is 23.5 Å². The molecule has 2 aromatic rings. The Labute approximate surface area is 159 Å². The molecule has 1 atom stereocenters. The second kappa shape index (κ2) is 6.19. The van der Waals surface area contributed by atoms with Crippen molar-refractivity contribution in [2.24, 2.45) is 0 Å². The van der Waals surface area contributed by atoms with Crippen LogP contribution in [0.5, 0.6) is 0 Å². The van der Waals surface area contributed by atoms with Crippen LogP contribution in [0.4, 0.5) is 0 Å². The lowest BCUT2D eigenvalue weighted by atomic mass is 10.00. The molecule has 142 valence electrons. The van der Waals surface area contributed by atoms with E-state index >= 15 is 0 Å². The summed E-state index contributed by atoms with van der Waals surface area (Å²) in [6, 6.07) is 10.0. The van der Waals surface area contributed by atoms with E-state index in [1.807, 2.05) is 27.8 Å². The van der Waals surface area contributed by atoms with Crippen molar-refractivity contribution in [3.05, 3.63) is 52.8 Å². The lowest BCUT2D eigenvalue weighted by molar-refractivity contribution is 0.0727. The number of hydrogen-bond donors (Lipinski definition) is 0. The molecule has 1 aliphatic carbocycles. The third-order valence-corrected chi connectivity index (χ3v) is 7.70. The maximum atomic E-state index is 13.1. The highest BCUT2D eigenvalue weighted by molar-refractivity contribution is 7.91. The Morgan fingerprint density at radius 1 is 1.11 bits per heavy atom. The van der Waals surface area contributed by atoms with Crippen molar-refractivity contribution in [1.82, 2.24) is 14.7 Å². The van der Waals surface area contributed by atoms with Gasteiger partial charge in [0.1, 0.15) is 0 Å². The molecule has 5 rings (SSSR count). The molecule has 1 aromatic carbocycles. The van der Waals surface area contributed by atoms with Gasteiger partial charge in [-0.2, -0.15) is 5.10 Å². The maximum Gasteiger partial charge on any atom is 0.274 e. The zero-order valence-electron chi connectivity index (χ0n) is 15.2. The molecule has 7 heteroatoms. The summed E-state index contributed by atoms with van der Waals surface area (Å²) < 4.78 is 25.7. The highest BCUT2D eigenvalue weighted by Gasteiger charge is 2.36. The van der Waals surface area contributed by atoms with Gasteiger partial charge >= 0.3 is 0 Å². The lowest BCUT2D eigenvalue weighted by Gasteiger charge is -2.28. The predicted octanol–water partition coefficient (Wildman–Crippen LogP) is 2.32. The van der Waals surface area contributed by atoms with Gasteiger partial charge in [-0.1, -0.05) is 24.3 Å². The fourth-order valence-corrected chi connectivity index (χ4v) is 5.98. The molecule has 0 radical (unpaired) electrons. The van der Waals surface area contributed by atoms with Crippen LogP contribution < -0.4 is 0 Å². The molecule has 0 bridgehead atoms. The molecule has 27 heavy (non-hydrogen) atoms. The number of sulfone groups is 1. The molecule has 0 spiro atoms. The molecule has 2 aliphatic heterocycles. The van der Waals surface area contributed by atoms with E-state index in [2.05, 4.69) is 17.2 Å². The van der Waals surface area contributed by atoms with Crippen molar-refractivity contribution in [2.75, 3.05) is 18.1 Å². The second-order valence-corrected chi connectivity index (χ2v) is 10.2. The number of benzene rings is 1. The fourth-order valence-electron chi connectivity index (χ4n) is 4.29. The smallest absolute Gasteiger partial charge is 0.274 e. The Kier molecular flexibility index (Phi) is 3.89. The minimum absolute atomic E-state index is 0.0500. The lowest BCUT2D eigenvalue weighted by Crippen LogP contribution is -2.36. The molecule has 6 nitrogen and oxygen atoms in total. The summed E-state index contributed by atoms with van der Waals surface area (Å²) in [6.45, 7) is 1.30. The molecule has 1 saturated heterocycles. The SMILES string of the molecule is O=C(c1cc(C2CC2)n(C2CCS(=O)(=O)C2)n1)N1CCc2ccccc2C1. The molecular formula is C20H23N3O3S. The molecule has 3 aliphatic rings. The zero-order valence-corrected chi connectivity index (χ0v) is 16.0. The highest BCUT2D eigenvalue weighted by atomic mass is 32.2. The monoisotopic (exact) mass is 385 g/mol. The molecule has 1 aromatic heterocycles. The summed E-state index contributed by atoms with van der Waals surface area (Å²) in [5, 5.41) is 4.61. The first kappa shape index (κ1) is 17.0. The van der Waals surface area contributed by atoms with E-state index in [0.29, 0.717) is 31.1 Å². The van der Waals surface area contributed by atoms with E-state index in [1.54, 1.807) is 0 Å². The van der Waals surface area contributed by atoms with Gasteiger partial charge < -0.3 is 4.90 Å². The van der Waals surface area contributed by atoms with Crippen LogP contribution in [0.2, 0.25) is 0 Å². The Balaban J connectivity index is 1.42. The minimum atomic E-state index is -2.99. The second-order valence-electron chi connectivity index (χ2n) is 7.98. The third-order valence-electron chi connectivity index (χ3n) is 5.95. The molecule has 1 amide bonds. The Hall–Kier alpha value is -2.15. The standard InChI is InChI=1S/C20H23N3O3S/c24-20(22-9-7-14-3-1-2-4-16(14)12-22)18-11-19(15-5-6-15)23(21-18)17-8-10-27(25,26)13-17/h1-4,11,15,17H,5-10,12-13H2. The van der Waals surface area contributed by atoms with Gasteiger partial charge in [-0.3, -0.25) is 9.48 Å². The van der Waals surface area contributed by atoms with E-state index in [0.717, 1.165) is 25.0 Å².